The Balaban J connectivity index is 1.58. The number of hydrogen-bond donors (Lipinski definition) is 1. The van der Waals surface area contributed by atoms with Gasteiger partial charge >= 0.3 is 0 Å². The first-order valence-corrected chi connectivity index (χ1v) is 9.40. The van der Waals surface area contributed by atoms with Crippen LogP contribution in [0.1, 0.15) is 34.1 Å². The molecule has 5 nitrogen and oxygen atoms in total. The van der Waals surface area contributed by atoms with Crippen LogP contribution >= 0.6 is 11.6 Å². The van der Waals surface area contributed by atoms with E-state index >= 15 is 0 Å². The lowest BCUT2D eigenvalue weighted by Crippen LogP contribution is -2.19. The van der Waals surface area contributed by atoms with Gasteiger partial charge in [-0.2, -0.15) is 0 Å². The molecule has 1 N–H and O–H groups in total. The lowest BCUT2D eigenvalue weighted by molar-refractivity contribution is -0.117. The first kappa shape index (κ1) is 18.3. The summed E-state index contributed by atoms with van der Waals surface area (Å²) in [6, 6.07) is 17.9. The number of nitrogens with one attached hydrogen (secondary N) is 1. The molecule has 2 heterocycles. The van der Waals surface area contributed by atoms with Crippen LogP contribution in [0.2, 0.25) is 5.02 Å². The van der Waals surface area contributed by atoms with Crippen LogP contribution in [0.5, 0.6) is 5.75 Å². The van der Waals surface area contributed by atoms with E-state index in [0.29, 0.717) is 40.7 Å². The molecule has 1 aliphatic rings. The molecular formula is C22H19ClN2O3. The van der Waals surface area contributed by atoms with E-state index in [9.17, 15) is 9.59 Å². The van der Waals surface area contributed by atoms with E-state index in [4.69, 9.17) is 16.3 Å². The number of anilines is 1. The molecule has 1 aliphatic heterocycles. The van der Waals surface area contributed by atoms with Crippen molar-refractivity contribution in [3.05, 3.63) is 82.6 Å². The zero-order chi connectivity index (χ0) is 19.7. The number of hydrogen-bond acceptors (Lipinski definition) is 3. The summed E-state index contributed by atoms with van der Waals surface area (Å²) in [6.45, 7) is 0.626. The fourth-order valence-electron chi connectivity index (χ4n) is 3.64. The van der Waals surface area contributed by atoms with Crippen molar-refractivity contribution in [3.63, 3.8) is 0 Å². The predicted molar refractivity (Wildman–Crippen MR) is 108 cm³/mol. The molecule has 0 saturated heterocycles. The standard InChI is InChI=1S/C22H19ClN2O3/c1-28-20-10-7-15(23)13-17(20)24-22(27)16-11-12-25-18(16)8-9-19(25)21(26)14-5-3-2-4-6-14/h2-10,13,16H,11-12H2,1H3,(H,24,27)/t16-/m0/s1. The van der Waals surface area contributed by atoms with E-state index in [0.717, 1.165) is 5.69 Å². The van der Waals surface area contributed by atoms with Gasteiger partial charge in [0.1, 0.15) is 5.75 Å². The van der Waals surface area contributed by atoms with Gasteiger partial charge in [-0.3, -0.25) is 9.59 Å². The van der Waals surface area contributed by atoms with Gasteiger partial charge < -0.3 is 14.6 Å². The molecule has 1 amide bonds. The molecule has 0 aliphatic carbocycles. The van der Waals surface area contributed by atoms with Gasteiger partial charge in [0.15, 0.2) is 0 Å². The summed E-state index contributed by atoms with van der Waals surface area (Å²) in [5.41, 5.74) is 2.63. The van der Waals surface area contributed by atoms with Crippen LogP contribution in [0.3, 0.4) is 0 Å². The quantitative estimate of drug-likeness (QED) is 0.648. The van der Waals surface area contributed by atoms with Crippen LogP contribution in [0, 0.1) is 0 Å². The third kappa shape index (κ3) is 3.29. The van der Waals surface area contributed by atoms with Crippen molar-refractivity contribution in [1.29, 1.82) is 0 Å². The average Bonchev–Trinajstić information content (AvgIpc) is 3.30. The van der Waals surface area contributed by atoms with Gasteiger partial charge in [0.05, 0.1) is 24.4 Å². The Morgan fingerprint density at radius 2 is 1.89 bits per heavy atom. The van der Waals surface area contributed by atoms with E-state index in [2.05, 4.69) is 5.32 Å². The summed E-state index contributed by atoms with van der Waals surface area (Å²) in [5, 5.41) is 3.42. The van der Waals surface area contributed by atoms with E-state index in [-0.39, 0.29) is 17.6 Å². The van der Waals surface area contributed by atoms with Crippen LogP contribution in [0.15, 0.2) is 60.7 Å². The van der Waals surface area contributed by atoms with Crippen LogP contribution in [0.4, 0.5) is 5.69 Å². The molecule has 1 aromatic heterocycles. The highest BCUT2D eigenvalue weighted by molar-refractivity contribution is 6.31. The third-order valence-electron chi connectivity index (χ3n) is 5.02. The number of benzene rings is 2. The minimum atomic E-state index is -0.332. The van der Waals surface area contributed by atoms with E-state index in [1.165, 1.54) is 0 Å². The molecule has 142 valence electrons. The highest BCUT2D eigenvalue weighted by Crippen LogP contribution is 2.34. The number of amides is 1. The Bertz CT molecular complexity index is 1040. The largest absolute Gasteiger partial charge is 0.495 e. The molecule has 1 atom stereocenters. The highest BCUT2D eigenvalue weighted by Gasteiger charge is 2.32. The molecule has 0 saturated carbocycles. The molecule has 2 aromatic carbocycles. The van der Waals surface area contributed by atoms with Gasteiger partial charge in [-0.25, -0.2) is 0 Å². The number of rotatable bonds is 5. The zero-order valence-corrected chi connectivity index (χ0v) is 16.1. The number of carbonyl (C=O) groups is 2. The van der Waals surface area contributed by atoms with E-state index in [1.807, 2.05) is 28.8 Å². The van der Waals surface area contributed by atoms with Crippen molar-refractivity contribution < 1.29 is 14.3 Å². The molecule has 0 bridgehead atoms. The number of methoxy groups -OCH3 is 1. The summed E-state index contributed by atoms with van der Waals surface area (Å²) in [6.07, 6.45) is 0.639. The Morgan fingerprint density at radius 1 is 1.11 bits per heavy atom. The molecule has 0 unspecified atom stereocenters. The fourth-order valence-corrected chi connectivity index (χ4v) is 3.81. The SMILES string of the molecule is COc1ccc(Cl)cc1NC(=O)[C@H]1CCn2c(C(=O)c3ccccc3)ccc21. The number of halogens is 1. The first-order chi connectivity index (χ1) is 13.6. The van der Waals surface area contributed by atoms with Crippen molar-refractivity contribution in [2.45, 2.75) is 18.9 Å². The van der Waals surface area contributed by atoms with Gasteiger partial charge in [-0.05, 0) is 36.8 Å². The monoisotopic (exact) mass is 394 g/mol. The molecule has 3 aromatic rings. The number of ether oxygens (including phenoxy) is 1. The topological polar surface area (TPSA) is 60.3 Å². The Morgan fingerprint density at radius 3 is 2.64 bits per heavy atom. The predicted octanol–water partition coefficient (Wildman–Crippen LogP) is 4.51. The van der Waals surface area contributed by atoms with Crippen LogP contribution in [-0.4, -0.2) is 23.4 Å². The van der Waals surface area contributed by atoms with Crippen molar-refractivity contribution in [1.82, 2.24) is 4.57 Å². The smallest absolute Gasteiger partial charge is 0.233 e. The maximum atomic E-state index is 12.9. The summed E-state index contributed by atoms with van der Waals surface area (Å²) in [5.74, 6) is 0.0348. The van der Waals surface area contributed by atoms with E-state index in [1.54, 1.807) is 43.5 Å². The van der Waals surface area contributed by atoms with Crippen molar-refractivity contribution >= 4 is 29.0 Å². The Hall–Kier alpha value is -3.05. The van der Waals surface area contributed by atoms with Crippen molar-refractivity contribution in [3.8, 4) is 5.75 Å². The van der Waals surface area contributed by atoms with Gasteiger partial charge in [0.2, 0.25) is 11.7 Å². The minimum absolute atomic E-state index is 0.0376. The molecule has 0 radical (unpaired) electrons. The highest BCUT2D eigenvalue weighted by atomic mass is 35.5. The van der Waals surface area contributed by atoms with E-state index < -0.39 is 0 Å². The van der Waals surface area contributed by atoms with Crippen LogP contribution < -0.4 is 10.1 Å². The summed E-state index contributed by atoms with van der Waals surface area (Å²) >= 11 is 6.05. The van der Waals surface area contributed by atoms with Gasteiger partial charge in [-0.15, -0.1) is 0 Å². The number of nitrogens with zero attached hydrogens (tertiary/aromatic N) is 1. The molecule has 0 spiro atoms. The maximum Gasteiger partial charge on any atom is 0.233 e. The third-order valence-corrected chi connectivity index (χ3v) is 5.25. The average molecular weight is 395 g/mol. The van der Waals surface area contributed by atoms with Gasteiger partial charge in [0.25, 0.3) is 0 Å². The fraction of sp³-hybridized carbons (Fsp3) is 0.182. The summed E-state index contributed by atoms with van der Waals surface area (Å²) in [4.78, 5) is 25.7. The van der Waals surface area contributed by atoms with Crippen molar-refractivity contribution in [2.24, 2.45) is 0 Å². The van der Waals surface area contributed by atoms with Crippen LogP contribution in [-0.2, 0) is 11.3 Å². The lowest BCUT2D eigenvalue weighted by atomic mass is 10.0. The molecule has 28 heavy (non-hydrogen) atoms. The molecule has 4 rings (SSSR count). The number of ketones is 1. The second kappa shape index (κ2) is 7.52. The lowest BCUT2D eigenvalue weighted by Gasteiger charge is -2.14. The minimum Gasteiger partial charge on any atom is -0.495 e. The normalized spacial score (nSPS) is 15.1. The molecule has 6 heteroatoms. The maximum absolute atomic E-state index is 12.9. The summed E-state index contributed by atoms with van der Waals surface area (Å²) in [7, 11) is 1.54. The van der Waals surface area contributed by atoms with Gasteiger partial charge in [-0.1, -0.05) is 41.9 Å². The Labute approximate surface area is 167 Å². The Kier molecular flexibility index (Phi) is 4.92. The zero-order valence-electron chi connectivity index (χ0n) is 15.3. The number of fused-ring (bicyclic) bond motifs is 1. The second-order valence-electron chi connectivity index (χ2n) is 6.67. The second-order valence-corrected chi connectivity index (χ2v) is 7.10. The molecular weight excluding hydrogens is 376 g/mol. The van der Waals surface area contributed by atoms with Crippen LogP contribution in [0.25, 0.3) is 0 Å². The summed E-state index contributed by atoms with van der Waals surface area (Å²) < 4.78 is 7.23. The molecule has 0 fully saturated rings. The first-order valence-electron chi connectivity index (χ1n) is 9.02. The number of carbonyl (C=O) groups excluding carboxylic acids is 2. The van der Waals surface area contributed by atoms with Gasteiger partial charge in [0, 0.05) is 22.8 Å². The number of aromatic nitrogens is 1. The van der Waals surface area contributed by atoms with Crippen molar-refractivity contribution in [2.75, 3.05) is 12.4 Å².